The molecule has 0 heterocycles. The Morgan fingerprint density at radius 2 is 1.53 bits per heavy atom. The van der Waals surface area contributed by atoms with Crippen molar-refractivity contribution in [1.82, 2.24) is 0 Å². The first kappa shape index (κ1) is 22.0. The molecule has 160 valence electrons. The van der Waals surface area contributed by atoms with Gasteiger partial charge in [0, 0.05) is 24.3 Å². The molecule has 0 saturated carbocycles. The molecule has 3 aromatic carbocycles. The van der Waals surface area contributed by atoms with E-state index in [1.54, 1.807) is 36.4 Å². The van der Waals surface area contributed by atoms with Crippen LogP contribution in [0.5, 0.6) is 11.5 Å². The van der Waals surface area contributed by atoms with Crippen molar-refractivity contribution in [2.45, 2.75) is 6.61 Å². The second kappa shape index (κ2) is 9.86. The summed E-state index contributed by atoms with van der Waals surface area (Å²) in [6.07, 6.45) is 1.64. The lowest BCUT2D eigenvalue weighted by Crippen LogP contribution is -1.98. The highest BCUT2D eigenvalue weighted by Gasteiger charge is 2.10. The lowest BCUT2D eigenvalue weighted by atomic mass is 10.0. The highest BCUT2D eigenvalue weighted by Crippen LogP contribution is 2.31. The highest BCUT2D eigenvalue weighted by molar-refractivity contribution is 5.90. The minimum absolute atomic E-state index is 0.00351. The Kier molecular flexibility index (Phi) is 6.78. The normalized spacial score (nSPS) is 10.8. The van der Waals surface area contributed by atoms with Gasteiger partial charge in [0.05, 0.1) is 28.6 Å². The number of hydrogen-bond acceptors (Lipinski definition) is 7. The first-order chi connectivity index (χ1) is 15.4. The average molecular weight is 431 g/mol. The molecule has 0 saturated heterocycles. The van der Waals surface area contributed by atoms with Crippen molar-refractivity contribution < 1.29 is 19.3 Å². The van der Waals surface area contributed by atoms with Gasteiger partial charge in [-0.1, -0.05) is 6.07 Å². The lowest BCUT2D eigenvalue weighted by molar-refractivity contribution is -0.385. The molecule has 3 rings (SSSR count). The molecule has 0 aliphatic rings. The first-order valence-electron chi connectivity index (χ1n) is 9.32. The summed E-state index contributed by atoms with van der Waals surface area (Å²) in [5.41, 5.74) is 2.27. The maximum atomic E-state index is 10.8. The van der Waals surface area contributed by atoms with Crippen LogP contribution in [-0.4, -0.2) is 17.0 Å². The van der Waals surface area contributed by atoms with Crippen molar-refractivity contribution in [1.29, 1.82) is 5.26 Å². The fourth-order valence-corrected chi connectivity index (χ4v) is 2.88. The van der Waals surface area contributed by atoms with E-state index in [1.165, 1.54) is 43.5 Å². The Morgan fingerprint density at radius 1 is 0.938 bits per heavy atom. The van der Waals surface area contributed by atoms with Crippen molar-refractivity contribution in [3.05, 3.63) is 104 Å². The average Bonchev–Trinajstić information content (AvgIpc) is 2.81. The molecule has 0 N–H and O–H groups in total. The Morgan fingerprint density at radius 3 is 2.06 bits per heavy atom. The lowest BCUT2D eigenvalue weighted by Gasteiger charge is -2.11. The van der Waals surface area contributed by atoms with Crippen LogP contribution in [-0.2, 0) is 6.61 Å². The van der Waals surface area contributed by atoms with Crippen LogP contribution in [0.3, 0.4) is 0 Å². The third-order valence-corrected chi connectivity index (χ3v) is 4.55. The van der Waals surface area contributed by atoms with E-state index in [2.05, 4.69) is 6.07 Å². The quantitative estimate of drug-likeness (QED) is 0.209. The largest absolute Gasteiger partial charge is 0.493 e. The number of nitro benzene ring substituents is 2. The number of rotatable bonds is 8. The van der Waals surface area contributed by atoms with Crippen LogP contribution in [0.2, 0.25) is 0 Å². The smallest absolute Gasteiger partial charge is 0.269 e. The summed E-state index contributed by atoms with van der Waals surface area (Å²) in [4.78, 5) is 20.6. The number of methoxy groups -OCH3 is 1. The van der Waals surface area contributed by atoms with E-state index in [4.69, 9.17) is 9.47 Å². The Balaban J connectivity index is 1.78. The zero-order valence-electron chi connectivity index (χ0n) is 16.9. The number of benzene rings is 3. The van der Waals surface area contributed by atoms with Gasteiger partial charge in [-0.05, 0) is 59.2 Å². The molecular weight excluding hydrogens is 414 g/mol. The summed E-state index contributed by atoms with van der Waals surface area (Å²) in [6.45, 7) is 0.190. The number of non-ortho nitro benzene ring substituents is 2. The van der Waals surface area contributed by atoms with Crippen LogP contribution >= 0.6 is 0 Å². The van der Waals surface area contributed by atoms with Crippen LogP contribution in [0.1, 0.15) is 16.7 Å². The molecule has 0 aromatic heterocycles. The van der Waals surface area contributed by atoms with Gasteiger partial charge >= 0.3 is 0 Å². The number of nitro groups is 2. The zero-order chi connectivity index (χ0) is 23.1. The maximum Gasteiger partial charge on any atom is 0.269 e. The first-order valence-corrected chi connectivity index (χ1v) is 9.32. The number of nitrogens with zero attached hydrogens (tertiary/aromatic N) is 3. The van der Waals surface area contributed by atoms with Crippen LogP contribution in [0.25, 0.3) is 11.6 Å². The third-order valence-electron chi connectivity index (χ3n) is 4.55. The monoisotopic (exact) mass is 431 g/mol. The molecule has 0 spiro atoms. The minimum atomic E-state index is -0.500. The van der Waals surface area contributed by atoms with Crippen LogP contribution in [0.15, 0.2) is 66.7 Å². The van der Waals surface area contributed by atoms with E-state index < -0.39 is 9.85 Å². The summed E-state index contributed by atoms with van der Waals surface area (Å²) >= 11 is 0. The second-order valence-corrected chi connectivity index (χ2v) is 6.60. The van der Waals surface area contributed by atoms with Gasteiger partial charge in [0.15, 0.2) is 11.5 Å². The maximum absolute atomic E-state index is 10.8. The third kappa shape index (κ3) is 5.25. The summed E-state index contributed by atoms with van der Waals surface area (Å²) in [7, 11) is 1.49. The summed E-state index contributed by atoms with van der Waals surface area (Å²) in [5.74, 6) is 0.915. The van der Waals surface area contributed by atoms with E-state index in [0.29, 0.717) is 28.2 Å². The topological polar surface area (TPSA) is 129 Å². The summed E-state index contributed by atoms with van der Waals surface area (Å²) in [6, 6.07) is 19.0. The van der Waals surface area contributed by atoms with Gasteiger partial charge in [0.25, 0.3) is 11.4 Å². The van der Waals surface area contributed by atoms with E-state index in [-0.39, 0.29) is 18.0 Å². The van der Waals surface area contributed by atoms with Crippen LogP contribution in [0, 0.1) is 31.6 Å². The standard InChI is InChI=1S/C23H17N3O6/c1-31-23-13-17(12-19(14-24)18-5-9-21(10-6-18)26(29)30)4-11-22(23)32-15-16-2-7-20(8-3-16)25(27)28/h2-13H,15H2,1H3/b19-12-. The van der Waals surface area contributed by atoms with E-state index in [1.807, 2.05) is 0 Å². The van der Waals surface area contributed by atoms with Crippen molar-refractivity contribution in [3.63, 3.8) is 0 Å². The van der Waals surface area contributed by atoms with Gasteiger partial charge in [0.1, 0.15) is 6.61 Å². The summed E-state index contributed by atoms with van der Waals surface area (Å²) < 4.78 is 11.2. The molecule has 0 fully saturated rings. The van der Waals surface area contributed by atoms with Crippen molar-refractivity contribution in [2.75, 3.05) is 7.11 Å². The molecule has 3 aromatic rings. The molecule has 32 heavy (non-hydrogen) atoms. The summed E-state index contributed by atoms with van der Waals surface area (Å²) in [5, 5.41) is 31.1. The molecule has 0 unspecified atom stereocenters. The Hall–Kier alpha value is -4.71. The van der Waals surface area contributed by atoms with Crippen LogP contribution < -0.4 is 9.47 Å². The number of nitriles is 1. The molecule has 0 atom stereocenters. The highest BCUT2D eigenvalue weighted by atomic mass is 16.6. The molecule has 0 amide bonds. The Labute approximate surface area is 183 Å². The SMILES string of the molecule is COc1cc(/C=C(/C#N)c2ccc([N+](=O)[O-])cc2)ccc1OCc1ccc([N+](=O)[O-])cc1. The number of ether oxygens (including phenoxy) is 2. The zero-order valence-corrected chi connectivity index (χ0v) is 16.9. The van der Waals surface area contributed by atoms with E-state index >= 15 is 0 Å². The molecule has 0 radical (unpaired) electrons. The molecule has 0 aliphatic heterocycles. The molecule has 9 heteroatoms. The predicted molar refractivity (Wildman–Crippen MR) is 117 cm³/mol. The van der Waals surface area contributed by atoms with E-state index in [0.717, 1.165) is 5.56 Å². The van der Waals surface area contributed by atoms with Gasteiger partial charge in [-0.2, -0.15) is 5.26 Å². The van der Waals surface area contributed by atoms with Gasteiger partial charge in [-0.25, -0.2) is 0 Å². The second-order valence-electron chi connectivity index (χ2n) is 6.60. The number of hydrogen-bond donors (Lipinski definition) is 0. The molecule has 0 aliphatic carbocycles. The van der Waals surface area contributed by atoms with E-state index in [9.17, 15) is 25.5 Å². The minimum Gasteiger partial charge on any atom is -0.493 e. The fraction of sp³-hybridized carbons (Fsp3) is 0.0870. The van der Waals surface area contributed by atoms with Crippen LogP contribution in [0.4, 0.5) is 11.4 Å². The molecule has 9 nitrogen and oxygen atoms in total. The van der Waals surface area contributed by atoms with Crippen molar-refractivity contribution >= 4 is 23.0 Å². The number of allylic oxidation sites excluding steroid dienone is 1. The van der Waals surface area contributed by atoms with Gasteiger partial charge in [-0.3, -0.25) is 20.2 Å². The van der Waals surface area contributed by atoms with Crippen molar-refractivity contribution in [2.24, 2.45) is 0 Å². The van der Waals surface area contributed by atoms with Gasteiger partial charge in [-0.15, -0.1) is 0 Å². The molecular formula is C23H17N3O6. The predicted octanol–water partition coefficient (Wildman–Crippen LogP) is 5.15. The fourth-order valence-electron chi connectivity index (χ4n) is 2.88. The van der Waals surface area contributed by atoms with Crippen molar-refractivity contribution in [3.8, 4) is 17.6 Å². The van der Waals surface area contributed by atoms with Gasteiger partial charge < -0.3 is 9.47 Å². The Bertz CT molecular complexity index is 1210. The molecule has 0 bridgehead atoms. The van der Waals surface area contributed by atoms with Gasteiger partial charge in [0.2, 0.25) is 0 Å².